The fourth-order valence-electron chi connectivity index (χ4n) is 1.96. The average Bonchev–Trinajstić information content (AvgIpc) is 2.89. The molecule has 100 valence electrons. The van der Waals surface area contributed by atoms with Gasteiger partial charge in [0.25, 0.3) is 5.91 Å². The first kappa shape index (κ1) is 13.8. The second-order valence-corrected chi connectivity index (χ2v) is 6.06. The highest BCUT2D eigenvalue weighted by atomic mass is 32.1. The summed E-state index contributed by atoms with van der Waals surface area (Å²) in [6.07, 6.45) is 0. The molecular formula is C16H19NOS. The van der Waals surface area contributed by atoms with E-state index in [9.17, 15) is 4.79 Å². The maximum atomic E-state index is 12.3. The van der Waals surface area contributed by atoms with Crippen molar-refractivity contribution in [3.8, 4) is 0 Å². The van der Waals surface area contributed by atoms with E-state index in [4.69, 9.17) is 0 Å². The smallest absolute Gasteiger partial charge is 0.251 e. The highest BCUT2D eigenvalue weighted by molar-refractivity contribution is 7.10. The molecule has 1 N–H and O–H groups in total. The normalized spacial score (nSPS) is 12.4. The third kappa shape index (κ3) is 3.44. The Hall–Kier alpha value is -1.61. The Balaban J connectivity index is 2.14. The predicted molar refractivity (Wildman–Crippen MR) is 80.5 cm³/mol. The largest absolute Gasteiger partial charge is 0.344 e. The van der Waals surface area contributed by atoms with Crippen molar-refractivity contribution >= 4 is 17.2 Å². The fourth-order valence-corrected chi connectivity index (χ4v) is 2.91. The van der Waals surface area contributed by atoms with Crippen molar-refractivity contribution in [1.82, 2.24) is 5.32 Å². The Bertz CT molecular complexity index is 528. The van der Waals surface area contributed by atoms with Gasteiger partial charge in [-0.15, -0.1) is 11.3 Å². The maximum absolute atomic E-state index is 12.3. The zero-order valence-corrected chi connectivity index (χ0v) is 12.3. The van der Waals surface area contributed by atoms with Crippen molar-refractivity contribution in [2.24, 2.45) is 5.92 Å². The molecule has 1 atom stereocenters. The molecule has 0 unspecified atom stereocenters. The number of nitrogens with one attached hydrogen (secondary N) is 1. The van der Waals surface area contributed by atoms with E-state index in [1.165, 1.54) is 4.88 Å². The number of hydrogen-bond acceptors (Lipinski definition) is 2. The first-order valence-electron chi connectivity index (χ1n) is 6.49. The van der Waals surface area contributed by atoms with Gasteiger partial charge in [-0.1, -0.05) is 37.6 Å². The quantitative estimate of drug-likeness (QED) is 0.889. The molecule has 0 aliphatic carbocycles. The molecule has 0 aliphatic heterocycles. The Morgan fingerprint density at radius 1 is 1.16 bits per heavy atom. The Kier molecular flexibility index (Phi) is 4.38. The Labute approximate surface area is 118 Å². The zero-order valence-electron chi connectivity index (χ0n) is 11.5. The van der Waals surface area contributed by atoms with Crippen LogP contribution in [0.3, 0.4) is 0 Å². The second-order valence-electron chi connectivity index (χ2n) is 5.08. The number of carbonyl (C=O) groups is 1. The van der Waals surface area contributed by atoms with Gasteiger partial charge < -0.3 is 5.32 Å². The van der Waals surface area contributed by atoms with Gasteiger partial charge in [-0.05, 0) is 36.4 Å². The second kappa shape index (κ2) is 6.02. The lowest BCUT2D eigenvalue weighted by molar-refractivity contribution is 0.0926. The van der Waals surface area contributed by atoms with Crippen molar-refractivity contribution in [3.05, 3.63) is 57.8 Å². The minimum atomic E-state index is -0.00731. The van der Waals surface area contributed by atoms with Crippen molar-refractivity contribution in [3.63, 3.8) is 0 Å². The van der Waals surface area contributed by atoms with Crippen LogP contribution in [0.4, 0.5) is 0 Å². The van der Waals surface area contributed by atoms with Gasteiger partial charge in [-0.2, -0.15) is 0 Å². The van der Waals surface area contributed by atoms with Gasteiger partial charge >= 0.3 is 0 Å². The van der Waals surface area contributed by atoms with E-state index in [1.54, 1.807) is 11.3 Å². The lowest BCUT2D eigenvalue weighted by Crippen LogP contribution is -2.31. The van der Waals surface area contributed by atoms with Crippen molar-refractivity contribution in [1.29, 1.82) is 0 Å². The van der Waals surface area contributed by atoms with E-state index in [1.807, 2.05) is 42.6 Å². The van der Waals surface area contributed by atoms with Crippen molar-refractivity contribution < 1.29 is 4.79 Å². The van der Waals surface area contributed by atoms with Gasteiger partial charge in [0, 0.05) is 10.4 Å². The van der Waals surface area contributed by atoms with Gasteiger partial charge in [0.1, 0.15) is 0 Å². The molecule has 19 heavy (non-hydrogen) atoms. The molecule has 1 amide bonds. The van der Waals surface area contributed by atoms with Crippen LogP contribution in [-0.4, -0.2) is 5.91 Å². The molecule has 0 aliphatic rings. The number of rotatable bonds is 4. The first-order valence-corrected chi connectivity index (χ1v) is 7.37. The van der Waals surface area contributed by atoms with E-state index < -0.39 is 0 Å². The maximum Gasteiger partial charge on any atom is 0.251 e. The van der Waals surface area contributed by atoms with Crippen molar-refractivity contribution in [2.75, 3.05) is 0 Å². The average molecular weight is 273 g/mol. The summed E-state index contributed by atoms with van der Waals surface area (Å²) >= 11 is 1.68. The van der Waals surface area contributed by atoms with Crippen LogP contribution in [0.2, 0.25) is 0 Å². The number of hydrogen-bond donors (Lipinski definition) is 1. The summed E-state index contributed by atoms with van der Waals surface area (Å²) in [5.41, 5.74) is 1.88. The molecule has 0 saturated heterocycles. The molecule has 0 radical (unpaired) electrons. The summed E-state index contributed by atoms with van der Waals surface area (Å²) in [6, 6.07) is 11.8. The van der Waals surface area contributed by atoms with E-state index in [0.29, 0.717) is 11.5 Å². The molecular weight excluding hydrogens is 254 g/mol. The topological polar surface area (TPSA) is 29.1 Å². The first-order chi connectivity index (χ1) is 9.08. The summed E-state index contributed by atoms with van der Waals surface area (Å²) in [4.78, 5) is 13.5. The predicted octanol–water partition coefficient (Wildman–Crippen LogP) is 4.18. The standard InChI is InChI=1S/C16H19NOS/c1-11(2)15(14-5-4-10-19-14)17-16(18)13-8-6-12(3)7-9-13/h4-11,15H,1-3H3,(H,17,18)/t15-/m1/s1. The van der Waals surface area contributed by atoms with Gasteiger partial charge in [-0.3, -0.25) is 4.79 Å². The van der Waals surface area contributed by atoms with Crippen LogP contribution in [-0.2, 0) is 0 Å². The van der Waals surface area contributed by atoms with E-state index in [0.717, 1.165) is 5.56 Å². The van der Waals surface area contributed by atoms with Gasteiger partial charge in [-0.25, -0.2) is 0 Å². The van der Waals surface area contributed by atoms with Crippen LogP contribution in [0.15, 0.2) is 41.8 Å². The summed E-state index contributed by atoms with van der Waals surface area (Å²) < 4.78 is 0. The molecule has 0 bridgehead atoms. The van der Waals surface area contributed by atoms with Crippen molar-refractivity contribution in [2.45, 2.75) is 26.8 Å². The number of thiophene rings is 1. The highest BCUT2D eigenvalue weighted by Gasteiger charge is 2.19. The van der Waals surface area contributed by atoms with Crippen LogP contribution in [0.5, 0.6) is 0 Å². The molecule has 2 nitrogen and oxygen atoms in total. The molecule has 0 fully saturated rings. The van der Waals surface area contributed by atoms with Crippen LogP contribution < -0.4 is 5.32 Å². The lowest BCUT2D eigenvalue weighted by atomic mass is 10.0. The molecule has 1 heterocycles. The third-order valence-electron chi connectivity index (χ3n) is 3.12. The molecule has 2 aromatic rings. The SMILES string of the molecule is Cc1ccc(C(=O)N[C@@H](c2cccs2)C(C)C)cc1. The minimum absolute atomic E-state index is 0.00731. The van der Waals surface area contributed by atoms with E-state index >= 15 is 0 Å². The highest BCUT2D eigenvalue weighted by Crippen LogP contribution is 2.26. The van der Waals surface area contributed by atoms with Crippen LogP contribution in [0.1, 0.15) is 40.7 Å². The minimum Gasteiger partial charge on any atom is -0.344 e. The van der Waals surface area contributed by atoms with Crippen LogP contribution in [0.25, 0.3) is 0 Å². The number of carbonyl (C=O) groups excluding carboxylic acids is 1. The van der Waals surface area contributed by atoms with Gasteiger partial charge in [0.05, 0.1) is 6.04 Å². The zero-order chi connectivity index (χ0) is 13.8. The van der Waals surface area contributed by atoms with E-state index in [2.05, 4.69) is 25.2 Å². The van der Waals surface area contributed by atoms with Crippen LogP contribution >= 0.6 is 11.3 Å². The number of aryl methyl sites for hydroxylation is 1. The van der Waals surface area contributed by atoms with Gasteiger partial charge in [0.2, 0.25) is 0 Å². The molecule has 3 heteroatoms. The summed E-state index contributed by atoms with van der Waals surface area (Å²) in [6.45, 7) is 6.27. The monoisotopic (exact) mass is 273 g/mol. The molecule has 1 aromatic heterocycles. The molecule has 0 spiro atoms. The molecule has 1 aromatic carbocycles. The Morgan fingerprint density at radius 2 is 1.84 bits per heavy atom. The number of benzene rings is 1. The summed E-state index contributed by atoms with van der Waals surface area (Å²) in [7, 11) is 0. The lowest BCUT2D eigenvalue weighted by Gasteiger charge is -2.21. The van der Waals surface area contributed by atoms with Crippen LogP contribution in [0, 0.1) is 12.8 Å². The fraction of sp³-hybridized carbons (Fsp3) is 0.312. The Morgan fingerprint density at radius 3 is 2.37 bits per heavy atom. The summed E-state index contributed by atoms with van der Waals surface area (Å²) in [5, 5.41) is 5.17. The van der Waals surface area contributed by atoms with E-state index in [-0.39, 0.29) is 11.9 Å². The molecule has 0 saturated carbocycles. The number of amides is 1. The third-order valence-corrected chi connectivity index (χ3v) is 4.07. The molecule has 2 rings (SSSR count). The van der Waals surface area contributed by atoms with Gasteiger partial charge in [0.15, 0.2) is 0 Å². The summed E-state index contributed by atoms with van der Waals surface area (Å²) in [5.74, 6) is 0.361.